The van der Waals surface area contributed by atoms with E-state index < -0.39 is 0 Å². The number of carbonyl (C=O) groups excluding carboxylic acids is 3. The van der Waals surface area contributed by atoms with Gasteiger partial charge in [0.1, 0.15) is 0 Å². The molecule has 0 saturated carbocycles. The van der Waals surface area contributed by atoms with Crippen LogP contribution in [0.5, 0.6) is 0 Å². The highest BCUT2D eigenvalue weighted by atomic mass is 16.2. The summed E-state index contributed by atoms with van der Waals surface area (Å²) in [5.74, 6) is 0.0751. The van der Waals surface area contributed by atoms with Gasteiger partial charge in [-0.05, 0) is 51.0 Å². The molecule has 1 unspecified atom stereocenters. The second-order valence-corrected chi connectivity index (χ2v) is 7.64. The highest BCUT2D eigenvalue weighted by molar-refractivity contribution is 5.95. The van der Waals surface area contributed by atoms with Gasteiger partial charge in [-0.2, -0.15) is 0 Å². The van der Waals surface area contributed by atoms with Gasteiger partial charge in [-0.15, -0.1) is 0 Å². The fraction of sp³-hybridized carbons (Fsp3) is 0.550. The van der Waals surface area contributed by atoms with Crippen molar-refractivity contribution in [2.45, 2.75) is 38.8 Å². The maximum absolute atomic E-state index is 12.9. The number of nitrogens with zero attached hydrogens (tertiary/aromatic N) is 2. The van der Waals surface area contributed by atoms with Gasteiger partial charge in [0.2, 0.25) is 5.91 Å². The standard InChI is InChI=1S/C20H29N5O3/c1-14(2)22-20(28)23-16-7-5-15(6-8-16)19(27)24-10-3-4-17(13-24)25-11-9-21-12-18(25)26/h5-8,14,17,21H,3-4,9-13H2,1-2H3,(H2,22,23,28). The van der Waals surface area contributed by atoms with Crippen molar-refractivity contribution in [1.82, 2.24) is 20.4 Å². The summed E-state index contributed by atoms with van der Waals surface area (Å²) < 4.78 is 0. The van der Waals surface area contributed by atoms with E-state index in [1.54, 1.807) is 24.3 Å². The summed E-state index contributed by atoms with van der Waals surface area (Å²) in [6, 6.07) is 6.79. The van der Waals surface area contributed by atoms with Crippen molar-refractivity contribution in [3.8, 4) is 0 Å². The van der Waals surface area contributed by atoms with Gasteiger partial charge in [-0.1, -0.05) is 0 Å². The maximum Gasteiger partial charge on any atom is 0.319 e. The third-order valence-electron chi connectivity index (χ3n) is 5.06. The van der Waals surface area contributed by atoms with Crippen LogP contribution in [0.1, 0.15) is 37.0 Å². The van der Waals surface area contributed by atoms with Crippen molar-refractivity contribution in [2.75, 3.05) is 38.0 Å². The molecule has 1 aromatic carbocycles. The molecule has 2 saturated heterocycles. The Morgan fingerprint density at radius 1 is 1.18 bits per heavy atom. The molecule has 8 nitrogen and oxygen atoms in total. The quantitative estimate of drug-likeness (QED) is 0.725. The Morgan fingerprint density at radius 2 is 1.93 bits per heavy atom. The molecule has 28 heavy (non-hydrogen) atoms. The minimum Gasteiger partial charge on any atom is -0.337 e. The lowest BCUT2D eigenvalue weighted by molar-refractivity contribution is -0.135. The highest BCUT2D eigenvalue weighted by Crippen LogP contribution is 2.20. The average molecular weight is 387 g/mol. The van der Waals surface area contributed by atoms with Crippen molar-refractivity contribution in [2.24, 2.45) is 0 Å². The van der Waals surface area contributed by atoms with Gasteiger partial charge in [-0.3, -0.25) is 9.59 Å². The van der Waals surface area contributed by atoms with Crippen LogP contribution in [-0.2, 0) is 4.79 Å². The van der Waals surface area contributed by atoms with E-state index in [4.69, 9.17) is 0 Å². The topological polar surface area (TPSA) is 93.8 Å². The molecular weight excluding hydrogens is 358 g/mol. The van der Waals surface area contributed by atoms with Crippen LogP contribution in [0.3, 0.4) is 0 Å². The lowest BCUT2D eigenvalue weighted by atomic mass is 10.0. The van der Waals surface area contributed by atoms with Crippen molar-refractivity contribution in [3.63, 3.8) is 0 Å². The van der Waals surface area contributed by atoms with Gasteiger partial charge in [-0.25, -0.2) is 4.79 Å². The summed E-state index contributed by atoms with van der Waals surface area (Å²) in [5.41, 5.74) is 1.22. The molecule has 0 spiro atoms. The molecule has 2 heterocycles. The Hall–Kier alpha value is -2.61. The van der Waals surface area contributed by atoms with Gasteiger partial charge in [0, 0.05) is 49.5 Å². The van der Waals surface area contributed by atoms with Crippen molar-refractivity contribution in [3.05, 3.63) is 29.8 Å². The van der Waals surface area contributed by atoms with Gasteiger partial charge in [0.25, 0.3) is 5.91 Å². The summed E-state index contributed by atoms with van der Waals surface area (Å²) in [7, 11) is 0. The third kappa shape index (κ3) is 5.01. The molecule has 8 heteroatoms. The summed E-state index contributed by atoms with van der Waals surface area (Å²) in [4.78, 5) is 40.6. The number of nitrogens with one attached hydrogen (secondary N) is 3. The largest absolute Gasteiger partial charge is 0.337 e. The molecule has 2 fully saturated rings. The first-order chi connectivity index (χ1) is 13.4. The van der Waals surface area contributed by atoms with Crippen LogP contribution >= 0.6 is 0 Å². The number of anilines is 1. The fourth-order valence-electron chi connectivity index (χ4n) is 3.71. The van der Waals surface area contributed by atoms with E-state index in [9.17, 15) is 14.4 Å². The highest BCUT2D eigenvalue weighted by Gasteiger charge is 2.31. The number of likely N-dealkylation sites (tertiary alicyclic amines) is 1. The molecule has 152 valence electrons. The molecule has 1 atom stereocenters. The molecule has 0 aliphatic carbocycles. The lowest BCUT2D eigenvalue weighted by Gasteiger charge is -2.41. The van der Waals surface area contributed by atoms with E-state index >= 15 is 0 Å². The second-order valence-electron chi connectivity index (χ2n) is 7.64. The molecule has 0 radical (unpaired) electrons. The van der Waals surface area contributed by atoms with Crippen LogP contribution in [0.4, 0.5) is 10.5 Å². The van der Waals surface area contributed by atoms with Crippen molar-refractivity contribution in [1.29, 1.82) is 0 Å². The number of urea groups is 1. The van der Waals surface area contributed by atoms with Crippen LogP contribution in [0.15, 0.2) is 24.3 Å². The van der Waals surface area contributed by atoms with Gasteiger partial charge in [0.15, 0.2) is 0 Å². The summed E-state index contributed by atoms with van der Waals surface area (Å²) >= 11 is 0. The zero-order valence-corrected chi connectivity index (χ0v) is 16.5. The van der Waals surface area contributed by atoms with Crippen LogP contribution in [0.2, 0.25) is 0 Å². The van der Waals surface area contributed by atoms with E-state index in [1.165, 1.54) is 0 Å². The molecule has 1 aromatic rings. The zero-order chi connectivity index (χ0) is 20.1. The number of benzene rings is 1. The number of amides is 4. The number of piperazine rings is 1. The minimum absolute atomic E-state index is 0.0366. The van der Waals surface area contributed by atoms with E-state index in [-0.39, 0.29) is 29.9 Å². The Bertz CT molecular complexity index is 719. The summed E-state index contributed by atoms with van der Waals surface area (Å²) in [5, 5.41) is 8.59. The van der Waals surface area contributed by atoms with Crippen LogP contribution in [0.25, 0.3) is 0 Å². The average Bonchev–Trinajstić information content (AvgIpc) is 2.68. The molecule has 4 amide bonds. The van der Waals surface area contributed by atoms with E-state index in [0.717, 1.165) is 19.4 Å². The molecule has 3 rings (SSSR count). The Morgan fingerprint density at radius 3 is 2.61 bits per heavy atom. The number of carbonyl (C=O) groups is 3. The van der Waals surface area contributed by atoms with Gasteiger partial charge >= 0.3 is 6.03 Å². The molecule has 0 aromatic heterocycles. The number of rotatable bonds is 4. The second kappa shape index (κ2) is 9.05. The summed E-state index contributed by atoms with van der Waals surface area (Å²) in [6.07, 6.45) is 1.83. The SMILES string of the molecule is CC(C)NC(=O)Nc1ccc(C(=O)N2CCCC(N3CCNCC3=O)C2)cc1. The minimum atomic E-state index is -0.270. The normalized spacial score (nSPS) is 20.2. The Labute approximate surface area is 165 Å². The maximum atomic E-state index is 12.9. The van der Waals surface area contributed by atoms with Gasteiger partial charge < -0.3 is 25.8 Å². The fourth-order valence-corrected chi connectivity index (χ4v) is 3.71. The molecule has 3 N–H and O–H groups in total. The predicted molar refractivity (Wildman–Crippen MR) is 107 cm³/mol. The van der Waals surface area contributed by atoms with Crippen LogP contribution in [-0.4, -0.2) is 72.5 Å². The predicted octanol–water partition coefficient (Wildman–Crippen LogP) is 1.25. The molecule has 2 aliphatic heterocycles. The zero-order valence-electron chi connectivity index (χ0n) is 16.5. The van der Waals surface area contributed by atoms with Crippen LogP contribution < -0.4 is 16.0 Å². The number of piperidine rings is 1. The van der Waals surface area contributed by atoms with Crippen molar-refractivity contribution >= 4 is 23.5 Å². The molecule has 2 aliphatic rings. The number of hydrogen-bond donors (Lipinski definition) is 3. The van der Waals surface area contributed by atoms with Crippen molar-refractivity contribution < 1.29 is 14.4 Å². The first kappa shape index (κ1) is 20.1. The van der Waals surface area contributed by atoms with E-state index in [0.29, 0.717) is 37.4 Å². The Kier molecular flexibility index (Phi) is 6.51. The van der Waals surface area contributed by atoms with E-state index in [2.05, 4.69) is 16.0 Å². The molecular formula is C20H29N5O3. The van der Waals surface area contributed by atoms with Gasteiger partial charge in [0.05, 0.1) is 6.54 Å². The monoisotopic (exact) mass is 387 g/mol. The molecule has 0 bridgehead atoms. The first-order valence-corrected chi connectivity index (χ1v) is 9.91. The number of hydrogen-bond acceptors (Lipinski definition) is 4. The third-order valence-corrected chi connectivity index (χ3v) is 5.06. The smallest absolute Gasteiger partial charge is 0.319 e. The first-order valence-electron chi connectivity index (χ1n) is 9.91. The van der Waals surface area contributed by atoms with E-state index in [1.807, 2.05) is 23.6 Å². The van der Waals surface area contributed by atoms with Crippen LogP contribution in [0, 0.1) is 0 Å². The Balaban J connectivity index is 1.60. The lowest BCUT2D eigenvalue weighted by Crippen LogP contribution is -2.57. The summed E-state index contributed by atoms with van der Waals surface area (Å²) in [6.45, 7) is 6.93.